The van der Waals surface area contributed by atoms with Crippen LogP contribution in [0.15, 0.2) is 89.3 Å². The van der Waals surface area contributed by atoms with Gasteiger partial charge < -0.3 is 19.4 Å². The fourth-order valence-electron chi connectivity index (χ4n) is 4.39. The van der Waals surface area contributed by atoms with Gasteiger partial charge in [0.15, 0.2) is 0 Å². The predicted octanol–water partition coefficient (Wildman–Crippen LogP) is 5.61. The van der Waals surface area contributed by atoms with Crippen molar-refractivity contribution < 1.29 is 18.7 Å². The van der Waals surface area contributed by atoms with E-state index in [1.807, 2.05) is 96.8 Å². The molecular formula is C30H28N2O4. The summed E-state index contributed by atoms with van der Waals surface area (Å²) in [4.78, 5) is 27.2. The lowest BCUT2D eigenvalue weighted by atomic mass is 10.1. The van der Waals surface area contributed by atoms with E-state index in [1.54, 1.807) is 0 Å². The van der Waals surface area contributed by atoms with E-state index in [9.17, 15) is 9.59 Å². The van der Waals surface area contributed by atoms with Crippen molar-refractivity contribution in [1.82, 2.24) is 4.90 Å². The number of hydrogen-bond acceptors (Lipinski definition) is 4. The van der Waals surface area contributed by atoms with E-state index in [1.165, 1.54) is 0 Å². The monoisotopic (exact) mass is 480 g/mol. The lowest BCUT2D eigenvalue weighted by molar-refractivity contribution is -0.121. The summed E-state index contributed by atoms with van der Waals surface area (Å²) in [5, 5.41) is 2.89. The Morgan fingerprint density at radius 1 is 0.972 bits per heavy atom. The number of furan rings is 1. The van der Waals surface area contributed by atoms with Gasteiger partial charge in [-0.1, -0.05) is 60.2 Å². The summed E-state index contributed by atoms with van der Waals surface area (Å²) in [7, 11) is 0. The third kappa shape index (κ3) is 5.56. The lowest BCUT2D eigenvalue weighted by Crippen LogP contribution is -2.35. The maximum atomic E-state index is 13.0. The van der Waals surface area contributed by atoms with Crippen LogP contribution >= 0.6 is 0 Å². The Hall–Kier alpha value is -4.16. The summed E-state index contributed by atoms with van der Waals surface area (Å²) in [5.41, 5.74) is 5.35. The summed E-state index contributed by atoms with van der Waals surface area (Å²) in [6.45, 7) is 3.48. The number of ether oxygens (including phenoxy) is 1. The molecule has 0 radical (unpaired) electrons. The van der Waals surface area contributed by atoms with E-state index >= 15 is 0 Å². The van der Waals surface area contributed by atoms with Crippen LogP contribution in [0.1, 0.15) is 32.8 Å². The van der Waals surface area contributed by atoms with E-state index in [2.05, 4.69) is 5.32 Å². The number of anilines is 1. The second-order valence-electron chi connectivity index (χ2n) is 9.01. The molecule has 6 heteroatoms. The Bertz CT molecular complexity index is 1380. The molecule has 1 aromatic heterocycles. The van der Waals surface area contributed by atoms with Gasteiger partial charge in [-0.15, -0.1) is 0 Å². The van der Waals surface area contributed by atoms with Crippen LogP contribution in [0.4, 0.5) is 5.69 Å². The minimum Gasteiger partial charge on any atom is -0.461 e. The first-order chi connectivity index (χ1) is 17.5. The van der Waals surface area contributed by atoms with Gasteiger partial charge in [-0.3, -0.25) is 9.59 Å². The van der Waals surface area contributed by atoms with Crippen molar-refractivity contribution in [2.45, 2.75) is 26.5 Å². The summed E-state index contributed by atoms with van der Waals surface area (Å²) in [6, 6.07) is 27.0. The zero-order chi connectivity index (χ0) is 24.9. The predicted molar refractivity (Wildman–Crippen MR) is 138 cm³/mol. The number of amides is 2. The van der Waals surface area contributed by atoms with Crippen molar-refractivity contribution in [3.63, 3.8) is 0 Å². The zero-order valence-corrected chi connectivity index (χ0v) is 20.2. The highest BCUT2D eigenvalue weighted by Gasteiger charge is 2.25. The standard InChI is InChI=1S/C30H28N2O4/c1-21-7-5-11-24(15-21)30(34)32-14-13-27-25(18-32)17-28(36-27)23-10-6-12-26(16-23)31-29(33)20-35-19-22-8-3-2-4-9-22/h2-12,15-17H,13-14,18-20H2,1H3,(H,31,33). The molecule has 0 saturated carbocycles. The van der Waals surface area contributed by atoms with Crippen molar-refractivity contribution in [1.29, 1.82) is 0 Å². The van der Waals surface area contributed by atoms with Crippen LogP contribution in [0.25, 0.3) is 11.3 Å². The third-order valence-corrected chi connectivity index (χ3v) is 6.19. The van der Waals surface area contributed by atoms with Gasteiger partial charge in [-0.05, 0) is 42.8 Å². The van der Waals surface area contributed by atoms with Crippen molar-refractivity contribution in [2.24, 2.45) is 0 Å². The van der Waals surface area contributed by atoms with Crippen LogP contribution in [-0.4, -0.2) is 29.9 Å². The van der Waals surface area contributed by atoms with E-state index < -0.39 is 0 Å². The Morgan fingerprint density at radius 3 is 2.64 bits per heavy atom. The largest absolute Gasteiger partial charge is 0.461 e. The van der Waals surface area contributed by atoms with Gasteiger partial charge in [-0.2, -0.15) is 0 Å². The van der Waals surface area contributed by atoms with Crippen molar-refractivity contribution in [2.75, 3.05) is 18.5 Å². The molecule has 0 aliphatic carbocycles. The molecule has 0 unspecified atom stereocenters. The fraction of sp³-hybridized carbons (Fsp3) is 0.200. The van der Waals surface area contributed by atoms with E-state index in [-0.39, 0.29) is 18.4 Å². The molecule has 5 rings (SSSR count). The van der Waals surface area contributed by atoms with Gasteiger partial charge in [0.05, 0.1) is 6.61 Å². The highest BCUT2D eigenvalue weighted by Crippen LogP contribution is 2.31. The van der Waals surface area contributed by atoms with Gasteiger partial charge in [0.25, 0.3) is 5.91 Å². The lowest BCUT2D eigenvalue weighted by Gasteiger charge is -2.26. The number of fused-ring (bicyclic) bond motifs is 1. The fourth-order valence-corrected chi connectivity index (χ4v) is 4.39. The average molecular weight is 481 g/mol. The SMILES string of the molecule is Cc1cccc(C(=O)N2CCc3oc(-c4cccc(NC(=O)COCc5ccccc5)c4)cc3C2)c1. The molecule has 0 atom stereocenters. The number of benzene rings is 3. The molecule has 1 N–H and O–H groups in total. The molecule has 2 amide bonds. The van der Waals surface area contributed by atoms with Gasteiger partial charge in [0.2, 0.25) is 5.91 Å². The zero-order valence-electron chi connectivity index (χ0n) is 20.2. The van der Waals surface area contributed by atoms with Crippen LogP contribution in [0.5, 0.6) is 0 Å². The van der Waals surface area contributed by atoms with E-state index in [0.717, 1.165) is 33.8 Å². The Labute approximate surface area is 210 Å². The smallest absolute Gasteiger partial charge is 0.254 e. The Morgan fingerprint density at radius 2 is 1.81 bits per heavy atom. The number of hydrogen-bond donors (Lipinski definition) is 1. The van der Waals surface area contributed by atoms with Crippen LogP contribution in [0.3, 0.4) is 0 Å². The molecule has 182 valence electrons. The van der Waals surface area contributed by atoms with Crippen LogP contribution < -0.4 is 5.32 Å². The molecule has 1 aliphatic rings. The Balaban J connectivity index is 1.21. The average Bonchev–Trinajstić information content (AvgIpc) is 3.33. The molecule has 3 aromatic carbocycles. The number of carbonyl (C=O) groups is 2. The first-order valence-electron chi connectivity index (χ1n) is 12.0. The number of nitrogens with zero attached hydrogens (tertiary/aromatic N) is 1. The second kappa shape index (κ2) is 10.6. The molecule has 6 nitrogen and oxygen atoms in total. The van der Waals surface area contributed by atoms with E-state index in [4.69, 9.17) is 9.15 Å². The number of rotatable bonds is 7. The molecule has 2 heterocycles. The van der Waals surface area contributed by atoms with Crippen LogP contribution in [-0.2, 0) is 29.1 Å². The minimum atomic E-state index is -0.216. The normalized spacial score (nSPS) is 12.8. The van der Waals surface area contributed by atoms with Crippen molar-refractivity contribution in [3.05, 3.63) is 113 Å². The summed E-state index contributed by atoms with van der Waals surface area (Å²) in [5.74, 6) is 1.45. The molecular weight excluding hydrogens is 452 g/mol. The third-order valence-electron chi connectivity index (χ3n) is 6.19. The van der Waals surface area contributed by atoms with Gasteiger partial charge in [0.1, 0.15) is 18.1 Å². The molecule has 4 aromatic rings. The maximum Gasteiger partial charge on any atom is 0.254 e. The second-order valence-corrected chi connectivity index (χ2v) is 9.01. The molecule has 0 bridgehead atoms. The molecule has 0 spiro atoms. The number of nitrogens with one attached hydrogen (secondary N) is 1. The van der Waals surface area contributed by atoms with Gasteiger partial charge >= 0.3 is 0 Å². The quantitative estimate of drug-likeness (QED) is 0.373. The molecule has 36 heavy (non-hydrogen) atoms. The summed E-state index contributed by atoms with van der Waals surface area (Å²) >= 11 is 0. The van der Waals surface area contributed by atoms with Crippen molar-refractivity contribution in [3.8, 4) is 11.3 Å². The van der Waals surface area contributed by atoms with Crippen LogP contribution in [0, 0.1) is 6.92 Å². The van der Waals surface area contributed by atoms with Gasteiger partial charge in [0, 0.05) is 41.9 Å². The topological polar surface area (TPSA) is 71.8 Å². The maximum absolute atomic E-state index is 13.0. The number of carbonyl (C=O) groups excluding carboxylic acids is 2. The summed E-state index contributed by atoms with van der Waals surface area (Å²) in [6.07, 6.45) is 0.669. The molecule has 1 aliphatic heterocycles. The van der Waals surface area contributed by atoms with Gasteiger partial charge in [-0.25, -0.2) is 0 Å². The Kier molecular flexibility index (Phi) is 6.96. The van der Waals surface area contributed by atoms with Crippen LogP contribution in [0.2, 0.25) is 0 Å². The van der Waals surface area contributed by atoms with Crippen molar-refractivity contribution >= 4 is 17.5 Å². The van der Waals surface area contributed by atoms with E-state index in [0.29, 0.717) is 37.4 Å². The first kappa shape index (κ1) is 23.6. The highest BCUT2D eigenvalue weighted by molar-refractivity contribution is 5.94. The molecule has 0 fully saturated rings. The molecule has 0 saturated heterocycles. The minimum absolute atomic E-state index is 0.0288. The number of aryl methyl sites for hydroxylation is 1. The summed E-state index contributed by atoms with van der Waals surface area (Å²) < 4.78 is 11.7. The first-order valence-corrected chi connectivity index (χ1v) is 12.0. The highest BCUT2D eigenvalue weighted by atomic mass is 16.5.